The zero-order chi connectivity index (χ0) is 22.3. The highest BCUT2D eigenvalue weighted by Gasteiger charge is 2.15. The monoisotopic (exact) mass is 431 g/mol. The van der Waals surface area contributed by atoms with Crippen molar-refractivity contribution in [3.63, 3.8) is 0 Å². The number of rotatable bonds is 9. The van der Waals surface area contributed by atoms with Gasteiger partial charge < -0.3 is 10.6 Å². The number of sulfonamides is 1. The molecule has 0 saturated heterocycles. The zero-order valence-corrected chi connectivity index (χ0v) is 17.9. The first kappa shape index (κ1) is 23.2. The largest absolute Gasteiger partial charge is 0.326 e. The van der Waals surface area contributed by atoms with E-state index in [1.54, 1.807) is 25.1 Å². The van der Waals surface area contributed by atoms with E-state index in [4.69, 9.17) is 0 Å². The van der Waals surface area contributed by atoms with Crippen molar-refractivity contribution in [3.8, 4) is 0 Å². The van der Waals surface area contributed by atoms with Crippen LogP contribution in [-0.4, -0.2) is 32.6 Å². The minimum absolute atomic E-state index is 0.0168. The summed E-state index contributed by atoms with van der Waals surface area (Å²) >= 11 is 0. The summed E-state index contributed by atoms with van der Waals surface area (Å²) in [6, 6.07) is 10.7. The van der Waals surface area contributed by atoms with Crippen molar-refractivity contribution in [1.29, 1.82) is 0 Å². The number of nitrogens with one attached hydrogen (secondary N) is 3. The SMILES string of the molecule is CCC(=O)Nc1ccc(C)c(NC(=O)CCNS(=O)(=O)c2ccc(C(C)=O)cc2)c1. The minimum Gasteiger partial charge on any atom is -0.326 e. The van der Waals surface area contributed by atoms with Crippen LogP contribution in [0.4, 0.5) is 11.4 Å². The summed E-state index contributed by atoms with van der Waals surface area (Å²) in [5.74, 6) is -0.661. The lowest BCUT2D eigenvalue weighted by Crippen LogP contribution is -2.28. The summed E-state index contributed by atoms with van der Waals surface area (Å²) < 4.78 is 27.0. The number of benzene rings is 2. The summed E-state index contributed by atoms with van der Waals surface area (Å²) in [4.78, 5) is 35.1. The van der Waals surface area contributed by atoms with E-state index >= 15 is 0 Å². The van der Waals surface area contributed by atoms with Crippen LogP contribution in [0.5, 0.6) is 0 Å². The highest BCUT2D eigenvalue weighted by atomic mass is 32.2. The van der Waals surface area contributed by atoms with Crippen LogP contribution >= 0.6 is 0 Å². The second kappa shape index (κ2) is 10.1. The van der Waals surface area contributed by atoms with Gasteiger partial charge >= 0.3 is 0 Å². The van der Waals surface area contributed by atoms with Gasteiger partial charge in [0.15, 0.2) is 5.78 Å². The Bertz CT molecular complexity index is 1050. The third kappa shape index (κ3) is 6.50. The molecular weight excluding hydrogens is 406 g/mol. The van der Waals surface area contributed by atoms with Gasteiger partial charge in [0.2, 0.25) is 21.8 Å². The lowest BCUT2D eigenvalue weighted by Gasteiger charge is -2.12. The van der Waals surface area contributed by atoms with Crippen molar-refractivity contribution in [3.05, 3.63) is 53.6 Å². The average Bonchev–Trinajstić information content (AvgIpc) is 2.70. The maximum Gasteiger partial charge on any atom is 0.240 e. The van der Waals surface area contributed by atoms with E-state index in [9.17, 15) is 22.8 Å². The van der Waals surface area contributed by atoms with Crippen LogP contribution in [0.3, 0.4) is 0 Å². The van der Waals surface area contributed by atoms with Gasteiger partial charge in [0, 0.05) is 36.3 Å². The van der Waals surface area contributed by atoms with Gasteiger partial charge in [0.25, 0.3) is 0 Å². The Morgan fingerprint density at radius 2 is 1.60 bits per heavy atom. The summed E-state index contributed by atoms with van der Waals surface area (Å²) in [6.07, 6.45) is 0.267. The van der Waals surface area contributed by atoms with Gasteiger partial charge in [0.05, 0.1) is 4.90 Å². The molecule has 2 amide bonds. The molecule has 0 aliphatic carbocycles. The van der Waals surface area contributed by atoms with Crippen molar-refractivity contribution >= 4 is 39.0 Å². The first-order valence-corrected chi connectivity index (χ1v) is 10.9. The van der Waals surface area contributed by atoms with Crippen molar-refractivity contribution in [2.24, 2.45) is 0 Å². The zero-order valence-electron chi connectivity index (χ0n) is 17.1. The molecule has 0 radical (unpaired) electrons. The lowest BCUT2D eigenvalue weighted by molar-refractivity contribution is -0.116. The fourth-order valence-electron chi connectivity index (χ4n) is 2.55. The van der Waals surface area contributed by atoms with Crippen LogP contribution in [0.2, 0.25) is 0 Å². The van der Waals surface area contributed by atoms with Crippen LogP contribution < -0.4 is 15.4 Å². The number of Topliss-reactive ketones (excluding diaryl/α,β-unsaturated/α-hetero) is 1. The number of aryl methyl sites for hydroxylation is 1. The molecule has 0 unspecified atom stereocenters. The number of ketones is 1. The quantitative estimate of drug-likeness (QED) is 0.527. The van der Waals surface area contributed by atoms with Crippen molar-refractivity contribution in [2.45, 2.75) is 38.5 Å². The molecule has 0 heterocycles. The molecule has 2 aromatic carbocycles. The van der Waals surface area contributed by atoms with E-state index in [2.05, 4.69) is 15.4 Å². The maximum atomic E-state index is 12.3. The average molecular weight is 432 g/mol. The normalized spacial score (nSPS) is 11.0. The van der Waals surface area contributed by atoms with Gasteiger partial charge in [0.1, 0.15) is 0 Å². The van der Waals surface area contributed by atoms with Gasteiger partial charge in [-0.2, -0.15) is 0 Å². The lowest BCUT2D eigenvalue weighted by atomic mass is 10.1. The molecule has 9 heteroatoms. The number of hydrogen-bond donors (Lipinski definition) is 3. The van der Waals surface area contributed by atoms with E-state index in [0.717, 1.165) is 5.56 Å². The van der Waals surface area contributed by atoms with Crippen LogP contribution in [-0.2, 0) is 19.6 Å². The number of carbonyl (C=O) groups is 3. The molecule has 2 rings (SSSR count). The molecule has 3 N–H and O–H groups in total. The van der Waals surface area contributed by atoms with Crippen molar-refractivity contribution in [2.75, 3.05) is 17.2 Å². The smallest absolute Gasteiger partial charge is 0.240 e. The van der Waals surface area contributed by atoms with E-state index in [0.29, 0.717) is 23.4 Å². The van der Waals surface area contributed by atoms with Crippen LogP contribution in [0.25, 0.3) is 0 Å². The molecule has 0 aliphatic rings. The molecule has 8 nitrogen and oxygen atoms in total. The molecule has 0 bridgehead atoms. The second-order valence-electron chi connectivity index (χ2n) is 6.71. The highest BCUT2D eigenvalue weighted by molar-refractivity contribution is 7.89. The Morgan fingerprint density at radius 3 is 2.20 bits per heavy atom. The van der Waals surface area contributed by atoms with Crippen molar-refractivity contribution < 1.29 is 22.8 Å². The van der Waals surface area contributed by atoms with Gasteiger partial charge in [-0.15, -0.1) is 0 Å². The first-order valence-electron chi connectivity index (χ1n) is 9.43. The fraction of sp³-hybridized carbons (Fsp3) is 0.286. The summed E-state index contributed by atoms with van der Waals surface area (Å²) in [5, 5.41) is 5.45. The number of amides is 2. The Kier molecular flexibility index (Phi) is 7.85. The Labute approximate surface area is 176 Å². The van der Waals surface area contributed by atoms with E-state index in [1.807, 2.05) is 6.92 Å². The van der Waals surface area contributed by atoms with Gasteiger partial charge in [-0.05, 0) is 43.7 Å². The molecule has 0 aliphatic heterocycles. The van der Waals surface area contributed by atoms with Crippen LogP contribution in [0.1, 0.15) is 42.6 Å². The minimum atomic E-state index is -3.79. The molecule has 0 fully saturated rings. The van der Waals surface area contributed by atoms with Crippen LogP contribution in [0.15, 0.2) is 47.4 Å². The molecule has 0 saturated carbocycles. The fourth-order valence-corrected chi connectivity index (χ4v) is 3.58. The number of hydrogen-bond acceptors (Lipinski definition) is 5. The molecule has 0 spiro atoms. The first-order chi connectivity index (χ1) is 14.1. The van der Waals surface area contributed by atoms with Gasteiger partial charge in [-0.1, -0.05) is 25.1 Å². The molecule has 0 aromatic heterocycles. The summed E-state index contributed by atoms with van der Waals surface area (Å²) in [7, 11) is -3.79. The third-order valence-corrected chi connectivity index (χ3v) is 5.81. The highest BCUT2D eigenvalue weighted by Crippen LogP contribution is 2.20. The summed E-state index contributed by atoms with van der Waals surface area (Å²) in [5.41, 5.74) is 2.33. The molecular formula is C21H25N3O5S. The summed E-state index contributed by atoms with van der Waals surface area (Å²) in [6.45, 7) is 4.86. The Hall–Kier alpha value is -3.04. The standard InChI is InChI=1S/C21H25N3O5S/c1-4-20(26)23-17-8-5-14(2)19(13-17)24-21(27)11-12-22-30(28,29)18-9-6-16(7-10-18)15(3)25/h5-10,13,22H,4,11-12H2,1-3H3,(H,23,26)(H,24,27). The molecule has 160 valence electrons. The van der Waals surface area contributed by atoms with E-state index < -0.39 is 10.0 Å². The molecule has 2 aromatic rings. The second-order valence-corrected chi connectivity index (χ2v) is 8.47. The maximum absolute atomic E-state index is 12.3. The van der Waals surface area contributed by atoms with E-state index in [1.165, 1.54) is 31.2 Å². The van der Waals surface area contributed by atoms with E-state index in [-0.39, 0.29) is 35.5 Å². The van der Waals surface area contributed by atoms with Crippen LogP contribution in [0, 0.1) is 6.92 Å². The molecule has 30 heavy (non-hydrogen) atoms. The number of carbonyl (C=O) groups excluding carboxylic acids is 3. The van der Waals surface area contributed by atoms with Gasteiger partial charge in [-0.3, -0.25) is 14.4 Å². The molecule has 0 atom stereocenters. The third-order valence-electron chi connectivity index (χ3n) is 4.33. The Morgan fingerprint density at radius 1 is 0.933 bits per heavy atom. The predicted octanol–water partition coefficient (Wildman–Crippen LogP) is 2.85. The van der Waals surface area contributed by atoms with Crippen molar-refractivity contribution in [1.82, 2.24) is 4.72 Å². The topological polar surface area (TPSA) is 121 Å². The Balaban J connectivity index is 1.93. The predicted molar refractivity (Wildman–Crippen MR) is 115 cm³/mol. The van der Waals surface area contributed by atoms with Gasteiger partial charge in [-0.25, -0.2) is 13.1 Å². The number of anilines is 2.